The molecule has 25 heavy (non-hydrogen) atoms. The van der Waals surface area contributed by atoms with E-state index in [1.165, 1.54) is 11.8 Å². The van der Waals surface area contributed by atoms with Gasteiger partial charge in [0.2, 0.25) is 0 Å². The monoisotopic (exact) mass is 378 g/mol. The molecule has 0 fully saturated rings. The molecule has 7 heteroatoms. The van der Waals surface area contributed by atoms with E-state index >= 15 is 0 Å². The molecule has 1 aromatic heterocycles. The fourth-order valence-corrected chi connectivity index (χ4v) is 3.13. The highest BCUT2D eigenvalue weighted by Crippen LogP contribution is 2.24. The number of nitrogens with zero attached hydrogens (tertiary/aromatic N) is 3. The van der Waals surface area contributed by atoms with Crippen LogP contribution in [0.4, 0.5) is 5.82 Å². The summed E-state index contributed by atoms with van der Waals surface area (Å²) in [5.41, 5.74) is 1.72. The molecule has 134 valence electrons. The molecule has 2 aromatic rings. The van der Waals surface area contributed by atoms with Gasteiger partial charge in [0, 0.05) is 38.0 Å². The summed E-state index contributed by atoms with van der Waals surface area (Å²) in [7, 11) is 3.82. The van der Waals surface area contributed by atoms with E-state index in [1.54, 1.807) is 6.07 Å². The summed E-state index contributed by atoms with van der Waals surface area (Å²) in [4.78, 5) is 22.8. The maximum atomic E-state index is 12.1. The van der Waals surface area contributed by atoms with E-state index < -0.39 is 0 Å². The molecule has 1 aromatic carbocycles. The van der Waals surface area contributed by atoms with Crippen molar-refractivity contribution in [3.05, 3.63) is 46.6 Å². The molecule has 0 saturated carbocycles. The van der Waals surface area contributed by atoms with Crippen LogP contribution in [0.25, 0.3) is 0 Å². The van der Waals surface area contributed by atoms with Gasteiger partial charge >= 0.3 is 0 Å². The molecule has 0 radical (unpaired) electrons. The number of benzene rings is 1. The number of aromatic nitrogens is 2. The lowest BCUT2D eigenvalue weighted by atomic mass is 10.1. The standard InChI is InChI=1S/C18H23ClN4OS/c1-4-5-9-20-17(24)14-8-6-7-13(10-14)12-25-18-21-15(19)11-16(22-18)23(2)3/h6-8,10-11H,4-5,9,12H2,1-3H3,(H,20,24). The lowest BCUT2D eigenvalue weighted by molar-refractivity contribution is 0.0953. The van der Waals surface area contributed by atoms with Crippen LogP contribution >= 0.6 is 23.4 Å². The van der Waals surface area contributed by atoms with Crippen molar-refractivity contribution in [2.24, 2.45) is 0 Å². The average molecular weight is 379 g/mol. The average Bonchev–Trinajstić information content (AvgIpc) is 2.60. The molecule has 0 spiro atoms. The number of thioether (sulfide) groups is 1. The predicted molar refractivity (Wildman–Crippen MR) is 105 cm³/mol. The Hall–Kier alpha value is -1.79. The molecule has 0 atom stereocenters. The molecule has 0 unspecified atom stereocenters. The van der Waals surface area contributed by atoms with Crippen LogP contribution < -0.4 is 10.2 Å². The summed E-state index contributed by atoms with van der Waals surface area (Å²) in [6, 6.07) is 9.36. The van der Waals surface area contributed by atoms with Crippen molar-refractivity contribution in [1.82, 2.24) is 15.3 Å². The van der Waals surface area contributed by atoms with E-state index in [4.69, 9.17) is 11.6 Å². The molecule has 0 bridgehead atoms. The smallest absolute Gasteiger partial charge is 0.251 e. The summed E-state index contributed by atoms with van der Waals surface area (Å²) in [5, 5.41) is 3.98. The van der Waals surface area contributed by atoms with E-state index in [2.05, 4.69) is 22.2 Å². The Morgan fingerprint density at radius 1 is 1.28 bits per heavy atom. The van der Waals surface area contributed by atoms with Crippen molar-refractivity contribution in [2.45, 2.75) is 30.7 Å². The van der Waals surface area contributed by atoms with Crippen molar-refractivity contribution in [3.63, 3.8) is 0 Å². The number of hydrogen-bond donors (Lipinski definition) is 1. The van der Waals surface area contributed by atoms with Crippen molar-refractivity contribution >= 4 is 35.1 Å². The third kappa shape index (κ3) is 6.21. The van der Waals surface area contributed by atoms with E-state index in [1.807, 2.05) is 43.3 Å². The highest BCUT2D eigenvalue weighted by atomic mass is 35.5. The Morgan fingerprint density at radius 2 is 2.08 bits per heavy atom. The number of carbonyl (C=O) groups is 1. The van der Waals surface area contributed by atoms with Crippen molar-refractivity contribution in [2.75, 3.05) is 25.5 Å². The number of anilines is 1. The number of rotatable bonds is 8. The second kappa shape index (κ2) is 9.63. The van der Waals surface area contributed by atoms with Gasteiger partial charge in [-0.25, -0.2) is 9.97 Å². The van der Waals surface area contributed by atoms with Crippen LogP contribution in [0.15, 0.2) is 35.5 Å². The zero-order valence-corrected chi connectivity index (χ0v) is 16.3. The first-order valence-corrected chi connectivity index (χ1v) is 9.57. The van der Waals surface area contributed by atoms with Gasteiger partial charge in [0.15, 0.2) is 5.16 Å². The van der Waals surface area contributed by atoms with Gasteiger partial charge in [-0.3, -0.25) is 4.79 Å². The van der Waals surface area contributed by atoms with Gasteiger partial charge in [0.05, 0.1) is 0 Å². The Bertz CT molecular complexity index is 724. The molecule has 0 aliphatic heterocycles. The Morgan fingerprint density at radius 3 is 2.80 bits per heavy atom. The summed E-state index contributed by atoms with van der Waals surface area (Å²) in [6.45, 7) is 2.81. The van der Waals surface area contributed by atoms with Crippen molar-refractivity contribution < 1.29 is 4.79 Å². The van der Waals surface area contributed by atoms with Gasteiger partial charge in [0.25, 0.3) is 5.91 Å². The molecule has 2 rings (SSSR count). The number of halogens is 1. The van der Waals surface area contributed by atoms with E-state index in [9.17, 15) is 4.79 Å². The lowest BCUT2D eigenvalue weighted by Crippen LogP contribution is -2.24. The summed E-state index contributed by atoms with van der Waals surface area (Å²) < 4.78 is 0. The first-order chi connectivity index (χ1) is 12.0. The molecule has 1 heterocycles. The number of unbranched alkanes of at least 4 members (excludes halogenated alkanes) is 1. The zero-order chi connectivity index (χ0) is 18.2. The topological polar surface area (TPSA) is 58.1 Å². The lowest BCUT2D eigenvalue weighted by Gasteiger charge is -2.12. The van der Waals surface area contributed by atoms with E-state index in [0.29, 0.717) is 28.2 Å². The number of amides is 1. The zero-order valence-electron chi connectivity index (χ0n) is 14.8. The molecule has 5 nitrogen and oxygen atoms in total. The first-order valence-electron chi connectivity index (χ1n) is 8.21. The highest BCUT2D eigenvalue weighted by Gasteiger charge is 2.08. The first kappa shape index (κ1) is 19.5. The SMILES string of the molecule is CCCCNC(=O)c1cccc(CSc2nc(Cl)cc(N(C)C)n2)c1. The van der Waals surface area contributed by atoms with Crippen LogP contribution in [0, 0.1) is 0 Å². The van der Waals surface area contributed by atoms with Gasteiger partial charge in [-0.1, -0.05) is 48.8 Å². The third-order valence-corrected chi connectivity index (χ3v) is 4.60. The molecule has 1 N–H and O–H groups in total. The van der Waals surface area contributed by atoms with Gasteiger partial charge in [0.1, 0.15) is 11.0 Å². The summed E-state index contributed by atoms with van der Waals surface area (Å²) in [6.07, 6.45) is 2.05. The maximum Gasteiger partial charge on any atom is 0.251 e. The number of carbonyl (C=O) groups excluding carboxylic acids is 1. The summed E-state index contributed by atoms with van der Waals surface area (Å²) in [5.74, 6) is 1.41. The van der Waals surface area contributed by atoms with Gasteiger partial charge < -0.3 is 10.2 Å². The fraction of sp³-hybridized carbons (Fsp3) is 0.389. The van der Waals surface area contributed by atoms with Crippen LogP contribution in [0.3, 0.4) is 0 Å². The highest BCUT2D eigenvalue weighted by molar-refractivity contribution is 7.98. The molecule has 0 aliphatic carbocycles. The summed E-state index contributed by atoms with van der Waals surface area (Å²) >= 11 is 7.56. The second-order valence-corrected chi connectivity index (χ2v) is 7.15. The predicted octanol–water partition coefficient (Wildman–Crippen LogP) is 4.02. The Balaban J connectivity index is 2.02. The Kier molecular flexibility index (Phi) is 7.52. The third-order valence-electron chi connectivity index (χ3n) is 3.49. The minimum Gasteiger partial charge on any atom is -0.363 e. The van der Waals surface area contributed by atoms with Crippen LogP contribution in [-0.4, -0.2) is 36.5 Å². The normalized spacial score (nSPS) is 10.6. The Labute approximate surface area is 158 Å². The van der Waals surface area contributed by atoms with E-state index in [-0.39, 0.29) is 5.91 Å². The van der Waals surface area contributed by atoms with Crippen molar-refractivity contribution in [3.8, 4) is 0 Å². The number of nitrogens with one attached hydrogen (secondary N) is 1. The molecular formula is C18H23ClN4OS. The van der Waals surface area contributed by atoms with Gasteiger partial charge in [-0.15, -0.1) is 0 Å². The van der Waals surface area contributed by atoms with Crippen LogP contribution in [0.1, 0.15) is 35.7 Å². The second-order valence-electron chi connectivity index (χ2n) is 5.82. The molecule has 0 saturated heterocycles. The van der Waals surface area contributed by atoms with Gasteiger partial charge in [-0.2, -0.15) is 0 Å². The minimum absolute atomic E-state index is 0.0331. The fourth-order valence-electron chi connectivity index (χ4n) is 2.11. The quantitative estimate of drug-likeness (QED) is 0.325. The van der Waals surface area contributed by atoms with Crippen LogP contribution in [-0.2, 0) is 5.75 Å². The minimum atomic E-state index is -0.0331. The number of hydrogen-bond acceptors (Lipinski definition) is 5. The molecule has 0 aliphatic rings. The maximum absolute atomic E-state index is 12.1. The van der Waals surface area contributed by atoms with Gasteiger partial charge in [-0.05, 0) is 24.1 Å². The molecular weight excluding hydrogens is 356 g/mol. The van der Waals surface area contributed by atoms with E-state index in [0.717, 1.165) is 24.2 Å². The molecule has 1 amide bonds. The van der Waals surface area contributed by atoms with Crippen LogP contribution in [0.2, 0.25) is 5.15 Å². The van der Waals surface area contributed by atoms with Crippen LogP contribution in [0.5, 0.6) is 0 Å². The van der Waals surface area contributed by atoms with Crippen molar-refractivity contribution in [1.29, 1.82) is 0 Å². The largest absolute Gasteiger partial charge is 0.363 e.